The van der Waals surface area contributed by atoms with Gasteiger partial charge in [-0.3, -0.25) is 19.2 Å². The van der Waals surface area contributed by atoms with E-state index in [1.54, 1.807) is 29.5 Å². The molecule has 0 aliphatic carbocycles. The zero-order chi connectivity index (χ0) is 44.0. The highest BCUT2D eigenvalue weighted by atomic mass is 32.1. The Morgan fingerprint density at radius 2 is 1.74 bits per heavy atom. The fraction of sp³-hybridized carbons (Fsp3) is 0.457. The number of aliphatic hydroxyl groups excluding tert-OH is 1. The van der Waals surface area contributed by atoms with Crippen LogP contribution in [0.2, 0.25) is 0 Å². The number of hydrogen-bond donors (Lipinski definition) is 6. The highest BCUT2D eigenvalue weighted by Crippen LogP contribution is 2.35. The largest absolute Gasteiger partial charge is 0.507 e. The van der Waals surface area contributed by atoms with Crippen LogP contribution in [0, 0.1) is 12.3 Å². The van der Waals surface area contributed by atoms with Gasteiger partial charge in [0.15, 0.2) is 5.65 Å². The minimum atomic E-state index is -0.876. The van der Waals surface area contributed by atoms with Crippen molar-refractivity contribution in [3.8, 4) is 27.4 Å². The van der Waals surface area contributed by atoms with Crippen LogP contribution < -0.4 is 16.0 Å². The summed E-state index contributed by atoms with van der Waals surface area (Å²) < 4.78 is 0. The summed E-state index contributed by atoms with van der Waals surface area (Å²) in [6, 6.07) is 15.2. The van der Waals surface area contributed by atoms with Crippen LogP contribution in [0.5, 0.6) is 5.75 Å². The Labute approximate surface area is 365 Å². The number of thiazole rings is 1. The summed E-state index contributed by atoms with van der Waals surface area (Å²) in [6.45, 7) is 10.4. The summed E-state index contributed by atoms with van der Waals surface area (Å²) in [5, 5.41) is 39.6. The first-order valence-electron chi connectivity index (χ1n) is 21.4. The molecule has 4 amide bonds. The number of nitrogens with zero attached hydrogens (tertiary/aromatic N) is 5. The molecule has 5 heterocycles. The molecule has 0 spiro atoms. The molecule has 3 atom stereocenters. The van der Waals surface area contributed by atoms with Crippen LogP contribution in [0.3, 0.4) is 0 Å². The quantitative estimate of drug-likeness (QED) is 0.0688. The highest BCUT2D eigenvalue weighted by molar-refractivity contribution is 7.13. The van der Waals surface area contributed by atoms with Crippen LogP contribution in [0.1, 0.15) is 82.0 Å². The van der Waals surface area contributed by atoms with Crippen LogP contribution in [0.4, 0.5) is 0 Å². The number of likely N-dealkylation sites (tertiary alicyclic amines) is 2. The molecular formula is C46H57N9O6S. The van der Waals surface area contributed by atoms with Gasteiger partial charge in [0.1, 0.15) is 17.8 Å². The average Bonchev–Trinajstić information content (AvgIpc) is 3.97. The number of rotatable bonds is 17. The fourth-order valence-corrected chi connectivity index (χ4v) is 9.00. The smallest absolute Gasteiger partial charge is 0.246 e. The highest BCUT2D eigenvalue weighted by Gasteiger charge is 2.44. The molecule has 0 radical (unpaired) electrons. The van der Waals surface area contributed by atoms with E-state index in [2.05, 4.69) is 36.1 Å². The fourth-order valence-electron chi connectivity index (χ4n) is 8.18. The Morgan fingerprint density at radius 1 is 0.968 bits per heavy atom. The summed E-state index contributed by atoms with van der Waals surface area (Å²) in [6.07, 6.45) is 4.12. The van der Waals surface area contributed by atoms with Gasteiger partial charge in [-0.2, -0.15) is 0 Å². The van der Waals surface area contributed by atoms with E-state index in [9.17, 15) is 29.4 Å². The molecular weight excluding hydrogens is 807 g/mol. The maximum absolute atomic E-state index is 14.0. The van der Waals surface area contributed by atoms with Crippen LogP contribution in [0.15, 0.2) is 66.3 Å². The number of carbonyl (C=O) groups excluding carboxylic acids is 4. The Hall–Kier alpha value is -5.71. The zero-order valence-electron chi connectivity index (χ0n) is 35.8. The average molecular weight is 864 g/mol. The molecule has 15 nitrogen and oxygen atoms in total. The van der Waals surface area contributed by atoms with Gasteiger partial charge in [-0.15, -0.1) is 21.5 Å². The molecule has 62 heavy (non-hydrogen) atoms. The number of benzene rings is 2. The lowest BCUT2D eigenvalue weighted by Crippen LogP contribution is -2.57. The molecule has 0 bridgehead atoms. The lowest BCUT2D eigenvalue weighted by atomic mass is 9.85. The standard InChI is InChI=1S/C46H57N9O6S/c1-28-41(62-27-50-28)30-15-13-29(14-16-30)22-49-44(60)37-20-32(56)26-55(37)45(61)42(46(2,3)4)51-39(58)12-6-5-9-18-47-19-17-40(59)54-24-31(25-54)35-23-48-43-34(35)21-36(52-53-43)33-10-7-8-11-38(33)57/h7-8,10-11,13-16,21,23,27,31-32,37,42,47,56-57H,5-6,9,12,17-20,22,24-26H2,1-4H3,(H,48,53)(H,49,60)(H,51,58)/t32-,37+,42-/m1/s1. The number of β-amino-alcohol motifs (C(OH)–C–C–N with tert-alkyl or cyclic N) is 1. The van der Waals surface area contributed by atoms with Gasteiger partial charge in [0.05, 0.1) is 27.9 Å². The molecule has 16 heteroatoms. The third-order valence-electron chi connectivity index (χ3n) is 11.8. The Balaban J connectivity index is 0.791. The van der Waals surface area contributed by atoms with Crippen molar-refractivity contribution in [2.24, 2.45) is 5.41 Å². The van der Waals surface area contributed by atoms with Crippen molar-refractivity contribution in [1.29, 1.82) is 0 Å². The van der Waals surface area contributed by atoms with Gasteiger partial charge in [-0.1, -0.05) is 63.6 Å². The zero-order valence-corrected chi connectivity index (χ0v) is 36.6. The van der Waals surface area contributed by atoms with E-state index in [4.69, 9.17) is 0 Å². The number of phenols is 1. The second-order valence-electron chi connectivity index (χ2n) is 17.5. The first kappa shape index (κ1) is 44.3. The van der Waals surface area contributed by atoms with Gasteiger partial charge in [0.2, 0.25) is 23.6 Å². The summed E-state index contributed by atoms with van der Waals surface area (Å²) >= 11 is 1.58. The molecule has 5 aromatic rings. The van der Waals surface area contributed by atoms with Crippen molar-refractivity contribution < 1.29 is 29.4 Å². The number of phenolic OH excluding ortho intramolecular Hbond substituents is 1. The SMILES string of the molecule is Cc1ncsc1-c1ccc(CNC(=O)[C@@H]2C[C@@H](O)CN2C(=O)[C@@H](NC(=O)CCCCCNCCC(=O)N2CC(c3c[nH]c4nnc(-c5ccccc5O)cc34)C2)C(C)(C)C)cc1. The molecule has 328 valence electrons. The maximum Gasteiger partial charge on any atom is 0.246 e. The number of aryl methyl sites for hydroxylation is 1. The normalized spacial score (nSPS) is 17.2. The number of aromatic hydroxyl groups is 1. The second kappa shape index (κ2) is 19.6. The lowest BCUT2D eigenvalue weighted by molar-refractivity contribution is -0.144. The number of H-pyrrole nitrogens is 1. The van der Waals surface area contributed by atoms with E-state index < -0.39 is 23.6 Å². The Morgan fingerprint density at radius 3 is 2.47 bits per heavy atom. The summed E-state index contributed by atoms with van der Waals surface area (Å²) in [4.78, 5) is 65.3. The van der Waals surface area contributed by atoms with Gasteiger partial charge in [0.25, 0.3) is 0 Å². The molecule has 2 aliphatic heterocycles. The lowest BCUT2D eigenvalue weighted by Gasteiger charge is -2.39. The minimum absolute atomic E-state index is 0.0179. The van der Waals surface area contributed by atoms with Crippen molar-refractivity contribution in [2.45, 2.75) is 96.9 Å². The van der Waals surface area contributed by atoms with Crippen LogP contribution in [0.25, 0.3) is 32.7 Å². The number of nitrogens with one attached hydrogen (secondary N) is 4. The van der Waals surface area contributed by atoms with Crippen molar-refractivity contribution >= 4 is 46.0 Å². The van der Waals surface area contributed by atoms with Gasteiger partial charge in [0, 0.05) is 75.1 Å². The molecule has 2 aromatic carbocycles. The summed E-state index contributed by atoms with van der Waals surface area (Å²) in [7, 11) is 0. The maximum atomic E-state index is 14.0. The molecule has 0 unspecified atom stereocenters. The summed E-state index contributed by atoms with van der Waals surface area (Å²) in [5.74, 6) is -0.533. The summed E-state index contributed by atoms with van der Waals surface area (Å²) in [5.41, 5.74) is 7.08. The van der Waals surface area contributed by atoms with Gasteiger partial charge in [-0.05, 0) is 66.6 Å². The van der Waals surface area contributed by atoms with Gasteiger partial charge in [-0.25, -0.2) is 4.98 Å². The topological polar surface area (TPSA) is 206 Å². The molecule has 0 saturated carbocycles. The van der Waals surface area contributed by atoms with Gasteiger partial charge >= 0.3 is 0 Å². The monoisotopic (exact) mass is 863 g/mol. The van der Waals surface area contributed by atoms with Crippen LogP contribution in [-0.4, -0.2) is 115 Å². The number of para-hydroxylation sites is 1. The number of aromatic nitrogens is 4. The van der Waals surface area contributed by atoms with E-state index in [1.807, 2.05) is 80.7 Å². The number of carbonyl (C=O) groups is 4. The number of aliphatic hydroxyl groups is 1. The molecule has 6 N–H and O–H groups in total. The van der Waals surface area contributed by atoms with Crippen molar-refractivity contribution in [2.75, 3.05) is 32.7 Å². The number of fused-ring (bicyclic) bond motifs is 1. The van der Waals surface area contributed by atoms with Crippen LogP contribution in [-0.2, 0) is 25.7 Å². The van der Waals surface area contributed by atoms with Crippen LogP contribution >= 0.6 is 11.3 Å². The molecule has 2 saturated heterocycles. The predicted octanol–water partition coefficient (Wildman–Crippen LogP) is 5.04. The molecule has 3 aromatic heterocycles. The molecule has 2 fully saturated rings. The number of unbranched alkanes of at least 4 members (excludes halogenated alkanes) is 2. The first-order chi connectivity index (χ1) is 29.8. The van der Waals surface area contributed by atoms with Crippen molar-refractivity contribution in [3.63, 3.8) is 0 Å². The van der Waals surface area contributed by atoms with Crippen molar-refractivity contribution in [3.05, 3.63) is 83.1 Å². The van der Waals surface area contributed by atoms with E-state index in [-0.39, 0.29) is 61.2 Å². The molecule has 7 rings (SSSR count). The van der Waals surface area contributed by atoms with E-state index >= 15 is 0 Å². The second-order valence-corrected chi connectivity index (χ2v) is 18.4. The first-order valence-corrected chi connectivity index (χ1v) is 22.3. The van der Waals surface area contributed by atoms with E-state index in [0.29, 0.717) is 49.4 Å². The van der Waals surface area contributed by atoms with E-state index in [0.717, 1.165) is 52.0 Å². The Kier molecular flexibility index (Phi) is 14.0. The number of amides is 4. The van der Waals surface area contributed by atoms with Gasteiger partial charge < -0.3 is 40.9 Å². The predicted molar refractivity (Wildman–Crippen MR) is 238 cm³/mol. The van der Waals surface area contributed by atoms with Crippen molar-refractivity contribution in [1.82, 2.24) is 45.9 Å². The third-order valence-corrected chi connectivity index (χ3v) is 12.8. The number of hydrogen-bond acceptors (Lipinski definition) is 11. The molecule has 2 aliphatic rings. The minimum Gasteiger partial charge on any atom is -0.507 e. The van der Waals surface area contributed by atoms with E-state index in [1.165, 1.54) is 4.90 Å². The third kappa shape index (κ3) is 10.5. The number of aromatic amines is 1. The Bertz CT molecular complexity index is 2370.